The summed E-state index contributed by atoms with van der Waals surface area (Å²) in [6.45, 7) is 4.27. The molecule has 7 heteroatoms. The Morgan fingerprint density at radius 3 is 2.34 bits per heavy atom. The number of aromatic nitrogens is 2. The maximum Gasteiger partial charge on any atom is 0.337 e. The average molecular weight is 394 g/mol. The monoisotopic (exact) mass is 394 g/mol. The molecule has 0 saturated carbocycles. The predicted octanol–water partition coefficient (Wildman–Crippen LogP) is 4.18. The number of esters is 2. The molecule has 0 aliphatic heterocycles. The second-order valence-corrected chi connectivity index (χ2v) is 6.78. The first-order chi connectivity index (χ1) is 14.0. The number of rotatable bonds is 7. The van der Waals surface area contributed by atoms with Crippen LogP contribution in [0.25, 0.3) is 11.4 Å². The second-order valence-electron chi connectivity index (χ2n) is 6.78. The number of carbonyl (C=O) groups is 2. The van der Waals surface area contributed by atoms with Crippen LogP contribution in [0.1, 0.15) is 48.0 Å². The molecule has 0 spiro atoms. The predicted molar refractivity (Wildman–Crippen MR) is 106 cm³/mol. The molecule has 0 unspecified atom stereocenters. The van der Waals surface area contributed by atoms with Gasteiger partial charge in [0.1, 0.15) is 5.75 Å². The highest BCUT2D eigenvalue weighted by atomic mass is 16.5. The molecule has 0 bridgehead atoms. The Labute approximate surface area is 168 Å². The minimum Gasteiger partial charge on any atom is -0.465 e. The van der Waals surface area contributed by atoms with Gasteiger partial charge in [-0.2, -0.15) is 4.98 Å². The van der Waals surface area contributed by atoms with Crippen LogP contribution >= 0.6 is 0 Å². The number of hydrogen-bond acceptors (Lipinski definition) is 7. The second kappa shape index (κ2) is 9.14. The van der Waals surface area contributed by atoms with E-state index in [0.29, 0.717) is 28.9 Å². The number of methoxy groups -OCH3 is 1. The van der Waals surface area contributed by atoms with Gasteiger partial charge in [0.2, 0.25) is 11.7 Å². The maximum atomic E-state index is 12.0. The van der Waals surface area contributed by atoms with Gasteiger partial charge in [0.15, 0.2) is 0 Å². The van der Waals surface area contributed by atoms with Crippen LogP contribution in [0.15, 0.2) is 53.1 Å². The highest BCUT2D eigenvalue weighted by Gasteiger charge is 2.13. The van der Waals surface area contributed by atoms with Gasteiger partial charge in [-0.05, 0) is 35.7 Å². The van der Waals surface area contributed by atoms with Gasteiger partial charge in [-0.1, -0.05) is 43.3 Å². The van der Waals surface area contributed by atoms with E-state index < -0.39 is 11.9 Å². The highest BCUT2D eigenvalue weighted by molar-refractivity contribution is 5.89. The minimum absolute atomic E-state index is 0.0900. The fraction of sp³-hybridized carbons (Fsp3) is 0.273. The molecule has 0 saturated heterocycles. The lowest BCUT2D eigenvalue weighted by atomic mass is 10.0. The zero-order chi connectivity index (χ0) is 20.8. The Balaban J connectivity index is 1.53. The molecule has 3 rings (SSSR count). The third-order valence-electron chi connectivity index (χ3n) is 4.35. The van der Waals surface area contributed by atoms with E-state index in [1.54, 1.807) is 0 Å². The third-order valence-corrected chi connectivity index (χ3v) is 4.35. The topological polar surface area (TPSA) is 91.5 Å². The van der Waals surface area contributed by atoms with Gasteiger partial charge in [-0.25, -0.2) is 4.79 Å². The van der Waals surface area contributed by atoms with E-state index in [9.17, 15) is 9.59 Å². The zero-order valence-corrected chi connectivity index (χ0v) is 16.5. The van der Waals surface area contributed by atoms with E-state index in [-0.39, 0.29) is 12.8 Å². The summed E-state index contributed by atoms with van der Waals surface area (Å²) in [5, 5.41) is 3.98. The Kier molecular flexibility index (Phi) is 6.39. The molecule has 1 aromatic heterocycles. The third kappa shape index (κ3) is 5.28. The molecule has 29 heavy (non-hydrogen) atoms. The van der Waals surface area contributed by atoms with E-state index in [2.05, 4.69) is 28.7 Å². The lowest BCUT2D eigenvalue weighted by Gasteiger charge is -2.04. The molecule has 0 atom stereocenters. The van der Waals surface area contributed by atoms with Crippen molar-refractivity contribution in [1.82, 2.24) is 10.1 Å². The van der Waals surface area contributed by atoms with Crippen molar-refractivity contribution in [3.63, 3.8) is 0 Å². The number of carbonyl (C=O) groups excluding carboxylic acids is 2. The molecule has 7 nitrogen and oxygen atoms in total. The van der Waals surface area contributed by atoms with Gasteiger partial charge in [0.25, 0.3) is 0 Å². The first-order valence-corrected chi connectivity index (χ1v) is 9.28. The van der Waals surface area contributed by atoms with E-state index in [1.807, 2.05) is 24.3 Å². The molecule has 0 aliphatic rings. The molecule has 0 radical (unpaired) electrons. The van der Waals surface area contributed by atoms with Crippen molar-refractivity contribution in [2.75, 3.05) is 7.11 Å². The van der Waals surface area contributed by atoms with Crippen LogP contribution in [-0.4, -0.2) is 29.2 Å². The van der Waals surface area contributed by atoms with Crippen LogP contribution in [0.5, 0.6) is 5.75 Å². The van der Waals surface area contributed by atoms with Gasteiger partial charge in [0.05, 0.1) is 19.1 Å². The molecule has 1 heterocycles. The van der Waals surface area contributed by atoms with Gasteiger partial charge >= 0.3 is 11.9 Å². The molecule has 2 aromatic carbocycles. The van der Waals surface area contributed by atoms with Crippen molar-refractivity contribution in [2.24, 2.45) is 0 Å². The number of ether oxygens (including phenoxy) is 2. The summed E-state index contributed by atoms with van der Waals surface area (Å²) in [4.78, 5) is 27.8. The zero-order valence-electron chi connectivity index (χ0n) is 16.5. The summed E-state index contributed by atoms with van der Waals surface area (Å²) in [7, 11) is 1.31. The molecular formula is C22H22N2O5. The standard InChI is InChI=1S/C22H22N2O5/c1-14(2)15-4-6-16(7-5-15)21-23-19(29-24-21)12-13-20(25)28-18-10-8-17(9-11-18)22(26)27-3/h4-11,14H,12-13H2,1-3H3. The summed E-state index contributed by atoms with van der Waals surface area (Å²) in [6, 6.07) is 14.1. The number of nitrogens with zero attached hydrogens (tertiary/aromatic N) is 2. The Bertz CT molecular complexity index is 975. The van der Waals surface area contributed by atoms with Crippen LogP contribution in [0.2, 0.25) is 0 Å². The summed E-state index contributed by atoms with van der Waals surface area (Å²) in [6.07, 6.45) is 0.364. The van der Waals surface area contributed by atoms with E-state index in [0.717, 1.165) is 5.56 Å². The van der Waals surface area contributed by atoms with Crippen molar-refractivity contribution < 1.29 is 23.6 Å². The maximum absolute atomic E-state index is 12.0. The molecule has 0 N–H and O–H groups in total. The number of hydrogen-bond donors (Lipinski definition) is 0. The van der Waals surface area contributed by atoms with Crippen molar-refractivity contribution in [3.05, 3.63) is 65.5 Å². The first-order valence-electron chi connectivity index (χ1n) is 9.28. The van der Waals surface area contributed by atoms with Gasteiger partial charge in [-0.3, -0.25) is 4.79 Å². The molecular weight excluding hydrogens is 372 g/mol. The first kappa shape index (κ1) is 20.3. The Hall–Kier alpha value is -3.48. The molecule has 150 valence electrons. The Morgan fingerprint density at radius 2 is 1.72 bits per heavy atom. The Morgan fingerprint density at radius 1 is 1.03 bits per heavy atom. The van der Waals surface area contributed by atoms with Crippen LogP contribution in [0, 0.1) is 0 Å². The smallest absolute Gasteiger partial charge is 0.337 e. The number of benzene rings is 2. The van der Waals surface area contributed by atoms with E-state index in [1.165, 1.54) is 36.9 Å². The molecule has 0 fully saturated rings. The van der Waals surface area contributed by atoms with Crippen molar-refractivity contribution in [1.29, 1.82) is 0 Å². The van der Waals surface area contributed by atoms with Gasteiger partial charge in [0, 0.05) is 12.0 Å². The van der Waals surface area contributed by atoms with Crippen LogP contribution in [0.3, 0.4) is 0 Å². The fourth-order valence-electron chi connectivity index (χ4n) is 2.66. The number of aryl methyl sites for hydroxylation is 1. The molecule has 0 aliphatic carbocycles. The van der Waals surface area contributed by atoms with Gasteiger partial charge < -0.3 is 14.0 Å². The van der Waals surface area contributed by atoms with Crippen molar-refractivity contribution >= 4 is 11.9 Å². The van der Waals surface area contributed by atoms with Crippen molar-refractivity contribution in [3.8, 4) is 17.1 Å². The summed E-state index contributed by atoms with van der Waals surface area (Å²) in [5.41, 5.74) is 2.48. The van der Waals surface area contributed by atoms with Crippen molar-refractivity contribution in [2.45, 2.75) is 32.6 Å². The lowest BCUT2D eigenvalue weighted by Crippen LogP contribution is -2.09. The SMILES string of the molecule is COC(=O)c1ccc(OC(=O)CCc2nc(-c3ccc(C(C)C)cc3)no2)cc1. The van der Waals surface area contributed by atoms with Crippen LogP contribution < -0.4 is 4.74 Å². The normalized spacial score (nSPS) is 10.8. The largest absolute Gasteiger partial charge is 0.465 e. The van der Waals surface area contributed by atoms with Crippen LogP contribution in [0.4, 0.5) is 0 Å². The minimum atomic E-state index is -0.450. The van der Waals surface area contributed by atoms with Crippen LogP contribution in [-0.2, 0) is 16.0 Å². The van der Waals surface area contributed by atoms with E-state index >= 15 is 0 Å². The molecule has 0 amide bonds. The summed E-state index contributed by atoms with van der Waals surface area (Å²) in [5.74, 6) is 0.769. The quantitative estimate of drug-likeness (QED) is 0.438. The summed E-state index contributed by atoms with van der Waals surface area (Å²) >= 11 is 0. The highest BCUT2D eigenvalue weighted by Crippen LogP contribution is 2.21. The lowest BCUT2D eigenvalue weighted by molar-refractivity contribution is -0.134. The summed E-state index contributed by atoms with van der Waals surface area (Å²) < 4.78 is 15.1. The fourth-order valence-corrected chi connectivity index (χ4v) is 2.66. The van der Waals surface area contributed by atoms with Gasteiger partial charge in [-0.15, -0.1) is 0 Å². The average Bonchev–Trinajstić information content (AvgIpc) is 3.21. The van der Waals surface area contributed by atoms with E-state index in [4.69, 9.17) is 9.26 Å². The molecule has 3 aromatic rings.